The Morgan fingerprint density at radius 3 is 2.65 bits per heavy atom. The highest BCUT2D eigenvalue weighted by atomic mass is 32.1. The lowest BCUT2D eigenvalue weighted by Gasteiger charge is -2.42. The first-order chi connectivity index (χ1) is 9.31. The Morgan fingerprint density at radius 2 is 2.05 bits per heavy atom. The van der Waals surface area contributed by atoms with Gasteiger partial charge in [-0.25, -0.2) is 0 Å². The molecule has 0 amide bonds. The summed E-state index contributed by atoms with van der Waals surface area (Å²) in [5.74, 6) is 1.51. The first kappa shape index (κ1) is 14.3. The largest absolute Gasteiger partial charge is 0.356 e. The van der Waals surface area contributed by atoms with Gasteiger partial charge in [-0.05, 0) is 41.9 Å². The van der Waals surface area contributed by atoms with E-state index in [0.717, 1.165) is 22.5 Å². The zero-order chi connectivity index (χ0) is 14.5. The summed E-state index contributed by atoms with van der Waals surface area (Å²) in [7, 11) is 0. The zero-order valence-corrected chi connectivity index (χ0v) is 14.2. The molecule has 2 aliphatic carbocycles. The lowest BCUT2D eigenvalue weighted by Crippen LogP contribution is -2.45. The molecular formula is C16H27N3S. The van der Waals surface area contributed by atoms with Gasteiger partial charge < -0.3 is 5.32 Å². The van der Waals surface area contributed by atoms with Gasteiger partial charge in [0.1, 0.15) is 5.01 Å². The minimum absolute atomic E-state index is 0.372. The first-order valence-electron chi connectivity index (χ1n) is 7.90. The molecule has 3 nitrogen and oxygen atoms in total. The van der Waals surface area contributed by atoms with Gasteiger partial charge in [-0.1, -0.05) is 46.0 Å². The molecule has 1 N–H and O–H groups in total. The molecule has 3 atom stereocenters. The number of rotatable bonds is 4. The van der Waals surface area contributed by atoms with Crippen LogP contribution in [0.4, 0.5) is 5.13 Å². The highest BCUT2D eigenvalue weighted by Gasteiger charge is 2.59. The molecule has 0 radical (unpaired) electrons. The number of anilines is 1. The van der Waals surface area contributed by atoms with Crippen LogP contribution in [0.2, 0.25) is 0 Å². The Kier molecular flexibility index (Phi) is 3.35. The zero-order valence-electron chi connectivity index (χ0n) is 13.4. The number of hydrogen-bond donors (Lipinski definition) is 1. The maximum absolute atomic E-state index is 4.37. The summed E-state index contributed by atoms with van der Waals surface area (Å²) in [6, 6.07) is 0.536. The molecule has 2 bridgehead atoms. The molecule has 112 valence electrons. The Bertz CT molecular complexity index is 489. The van der Waals surface area contributed by atoms with E-state index in [1.54, 1.807) is 11.3 Å². The summed E-state index contributed by atoms with van der Waals surface area (Å²) in [6.07, 6.45) is 5.16. The van der Waals surface area contributed by atoms with Crippen molar-refractivity contribution in [1.82, 2.24) is 10.2 Å². The topological polar surface area (TPSA) is 37.8 Å². The van der Waals surface area contributed by atoms with E-state index in [2.05, 4.69) is 50.1 Å². The van der Waals surface area contributed by atoms with E-state index in [1.165, 1.54) is 19.3 Å². The predicted molar refractivity (Wildman–Crippen MR) is 85.1 cm³/mol. The smallest absolute Gasteiger partial charge is 0.205 e. The highest BCUT2D eigenvalue weighted by Crippen LogP contribution is 2.63. The molecule has 0 saturated heterocycles. The lowest BCUT2D eigenvalue weighted by molar-refractivity contribution is 0.155. The minimum atomic E-state index is 0.372. The van der Waals surface area contributed by atoms with E-state index in [0.29, 0.717) is 22.8 Å². The average Bonchev–Trinajstić information content (AvgIpc) is 2.96. The maximum atomic E-state index is 4.37. The Labute approximate surface area is 126 Å². The quantitative estimate of drug-likeness (QED) is 0.896. The van der Waals surface area contributed by atoms with Crippen LogP contribution in [-0.2, 0) is 6.42 Å². The summed E-state index contributed by atoms with van der Waals surface area (Å²) < 4.78 is 0. The van der Waals surface area contributed by atoms with Crippen molar-refractivity contribution in [2.45, 2.75) is 66.3 Å². The first-order valence-corrected chi connectivity index (χ1v) is 8.72. The lowest BCUT2D eigenvalue weighted by atomic mass is 9.68. The second kappa shape index (κ2) is 4.69. The number of aromatic nitrogens is 2. The van der Waals surface area contributed by atoms with Crippen molar-refractivity contribution < 1.29 is 0 Å². The monoisotopic (exact) mass is 293 g/mol. The third-order valence-corrected chi connectivity index (χ3v) is 6.46. The van der Waals surface area contributed by atoms with Crippen LogP contribution < -0.4 is 5.32 Å². The third kappa shape index (κ3) is 2.26. The molecule has 0 aliphatic heterocycles. The second-order valence-electron chi connectivity index (χ2n) is 8.09. The summed E-state index contributed by atoms with van der Waals surface area (Å²) in [4.78, 5) is 0. The molecule has 0 aromatic carbocycles. The molecule has 3 rings (SSSR count). The predicted octanol–water partition coefficient (Wildman–Crippen LogP) is 4.36. The molecule has 1 heterocycles. The van der Waals surface area contributed by atoms with E-state index in [1.807, 2.05) is 0 Å². The van der Waals surface area contributed by atoms with Gasteiger partial charge in [-0.15, -0.1) is 10.2 Å². The minimum Gasteiger partial charge on any atom is -0.356 e. The van der Waals surface area contributed by atoms with Gasteiger partial charge in [-0.3, -0.25) is 0 Å². The second-order valence-corrected chi connectivity index (χ2v) is 9.15. The summed E-state index contributed by atoms with van der Waals surface area (Å²) in [6.45, 7) is 11.8. The number of hydrogen-bond acceptors (Lipinski definition) is 4. The fourth-order valence-electron chi connectivity index (χ4n) is 4.53. The molecule has 3 unspecified atom stereocenters. The van der Waals surface area contributed by atoms with Crippen LogP contribution in [0.5, 0.6) is 0 Å². The van der Waals surface area contributed by atoms with Gasteiger partial charge in [-0.2, -0.15) is 0 Å². The van der Waals surface area contributed by atoms with Gasteiger partial charge >= 0.3 is 0 Å². The Balaban J connectivity index is 1.76. The average molecular weight is 293 g/mol. The Hall–Kier alpha value is -0.640. The fourth-order valence-corrected chi connectivity index (χ4v) is 5.51. The van der Waals surface area contributed by atoms with Crippen molar-refractivity contribution in [3.63, 3.8) is 0 Å². The molecule has 2 saturated carbocycles. The van der Waals surface area contributed by atoms with Crippen LogP contribution in [-0.4, -0.2) is 16.2 Å². The number of nitrogens with one attached hydrogen (secondary N) is 1. The molecular weight excluding hydrogens is 266 g/mol. The van der Waals surface area contributed by atoms with Crippen LogP contribution in [0, 0.1) is 22.7 Å². The van der Waals surface area contributed by atoms with Crippen LogP contribution in [0.1, 0.15) is 58.9 Å². The fraction of sp³-hybridized carbons (Fsp3) is 0.875. The van der Waals surface area contributed by atoms with Crippen molar-refractivity contribution in [2.75, 3.05) is 5.32 Å². The van der Waals surface area contributed by atoms with Crippen LogP contribution in [0.3, 0.4) is 0 Å². The summed E-state index contributed by atoms with van der Waals surface area (Å²) in [5, 5.41) is 14.6. The molecule has 1 aromatic heterocycles. The van der Waals surface area contributed by atoms with Crippen LogP contribution >= 0.6 is 11.3 Å². The van der Waals surface area contributed by atoms with Gasteiger partial charge in [0, 0.05) is 12.5 Å². The number of fused-ring (bicyclic) bond motifs is 2. The molecule has 2 fully saturated rings. The van der Waals surface area contributed by atoms with Crippen molar-refractivity contribution in [3.05, 3.63) is 5.01 Å². The van der Waals surface area contributed by atoms with Gasteiger partial charge in [0.2, 0.25) is 5.13 Å². The SMILES string of the molecule is CC(C)Cc1nnc(NC2C3(C)CCC(C3)C2(C)C)s1. The highest BCUT2D eigenvalue weighted by molar-refractivity contribution is 7.15. The van der Waals surface area contributed by atoms with E-state index < -0.39 is 0 Å². The van der Waals surface area contributed by atoms with Crippen molar-refractivity contribution in [3.8, 4) is 0 Å². The van der Waals surface area contributed by atoms with Crippen molar-refractivity contribution in [1.29, 1.82) is 0 Å². The molecule has 4 heteroatoms. The summed E-state index contributed by atoms with van der Waals surface area (Å²) >= 11 is 1.74. The van der Waals surface area contributed by atoms with Gasteiger partial charge in [0.05, 0.1) is 0 Å². The standard InChI is InChI=1S/C16H27N3S/c1-10(2)8-12-18-19-14(20-12)17-13-15(3,4)11-6-7-16(13,5)9-11/h10-11,13H,6-9H2,1-5H3,(H,17,19). The normalized spacial score (nSPS) is 34.9. The molecule has 20 heavy (non-hydrogen) atoms. The van der Waals surface area contributed by atoms with E-state index in [-0.39, 0.29) is 0 Å². The number of nitrogens with zero attached hydrogens (tertiary/aromatic N) is 2. The van der Waals surface area contributed by atoms with Gasteiger partial charge in [0.25, 0.3) is 0 Å². The Morgan fingerprint density at radius 1 is 1.30 bits per heavy atom. The molecule has 0 spiro atoms. The van der Waals surface area contributed by atoms with Crippen LogP contribution in [0.15, 0.2) is 0 Å². The van der Waals surface area contributed by atoms with Crippen molar-refractivity contribution in [2.24, 2.45) is 22.7 Å². The summed E-state index contributed by atoms with van der Waals surface area (Å²) in [5.41, 5.74) is 0.814. The molecule has 1 aromatic rings. The van der Waals surface area contributed by atoms with E-state index in [9.17, 15) is 0 Å². The van der Waals surface area contributed by atoms with Crippen LogP contribution in [0.25, 0.3) is 0 Å². The van der Waals surface area contributed by atoms with E-state index in [4.69, 9.17) is 0 Å². The third-order valence-electron chi connectivity index (χ3n) is 5.59. The van der Waals surface area contributed by atoms with E-state index >= 15 is 0 Å². The van der Waals surface area contributed by atoms with Gasteiger partial charge in [0.15, 0.2) is 0 Å². The maximum Gasteiger partial charge on any atom is 0.205 e. The molecule has 2 aliphatic rings. The van der Waals surface area contributed by atoms with Crippen molar-refractivity contribution >= 4 is 16.5 Å².